The fourth-order valence-electron chi connectivity index (χ4n) is 2.34. The molecule has 0 N–H and O–H groups in total. The standard InChI is InChI=1S/C15H18O7/c1-4-19-13(17)6-5-11-12(21-9(3)16)7-10-14(22-11)8(2)20-15(10)18/h5-8,11-12,14H,4H2,1-3H3/b6-5-/t8-,11+,12+,14+/m0/s1. The maximum atomic E-state index is 11.7. The Morgan fingerprint density at radius 3 is 2.77 bits per heavy atom. The minimum atomic E-state index is -0.799. The average molecular weight is 310 g/mol. The molecule has 0 bridgehead atoms. The van der Waals surface area contributed by atoms with E-state index in [9.17, 15) is 14.4 Å². The molecule has 0 saturated carbocycles. The summed E-state index contributed by atoms with van der Waals surface area (Å²) >= 11 is 0. The highest BCUT2D eigenvalue weighted by atomic mass is 16.6. The molecular weight excluding hydrogens is 292 g/mol. The fourth-order valence-corrected chi connectivity index (χ4v) is 2.34. The monoisotopic (exact) mass is 310 g/mol. The smallest absolute Gasteiger partial charge is 0.337 e. The van der Waals surface area contributed by atoms with Gasteiger partial charge in [0.15, 0.2) is 6.10 Å². The van der Waals surface area contributed by atoms with Crippen LogP contribution in [0, 0.1) is 0 Å². The van der Waals surface area contributed by atoms with Crippen LogP contribution in [-0.4, -0.2) is 48.9 Å². The molecule has 120 valence electrons. The highest BCUT2D eigenvalue weighted by Gasteiger charge is 2.44. The van der Waals surface area contributed by atoms with Crippen LogP contribution in [0.3, 0.4) is 0 Å². The van der Waals surface area contributed by atoms with Crippen LogP contribution in [0.2, 0.25) is 0 Å². The maximum absolute atomic E-state index is 11.7. The number of hydrogen-bond acceptors (Lipinski definition) is 7. The lowest BCUT2D eigenvalue weighted by Gasteiger charge is -2.30. The Kier molecular flexibility index (Phi) is 4.97. The zero-order valence-corrected chi connectivity index (χ0v) is 12.6. The Labute approximate surface area is 127 Å². The van der Waals surface area contributed by atoms with E-state index in [1.54, 1.807) is 13.8 Å². The summed E-state index contributed by atoms with van der Waals surface area (Å²) in [5.74, 6) is -1.52. The van der Waals surface area contributed by atoms with E-state index in [0.29, 0.717) is 5.57 Å². The number of carbonyl (C=O) groups is 3. The highest BCUT2D eigenvalue weighted by Crippen LogP contribution is 2.32. The van der Waals surface area contributed by atoms with Crippen LogP contribution in [-0.2, 0) is 33.3 Å². The second-order valence-corrected chi connectivity index (χ2v) is 4.94. The fraction of sp³-hybridized carbons (Fsp3) is 0.533. The van der Waals surface area contributed by atoms with Gasteiger partial charge in [-0.15, -0.1) is 0 Å². The molecule has 4 atom stereocenters. The predicted molar refractivity (Wildman–Crippen MR) is 73.6 cm³/mol. The van der Waals surface area contributed by atoms with Gasteiger partial charge in [-0.25, -0.2) is 9.59 Å². The molecule has 0 unspecified atom stereocenters. The van der Waals surface area contributed by atoms with Crippen molar-refractivity contribution < 1.29 is 33.3 Å². The van der Waals surface area contributed by atoms with Crippen LogP contribution < -0.4 is 0 Å². The number of rotatable bonds is 4. The largest absolute Gasteiger partial charge is 0.463 e. The molecule has 22 heavy (non-hydrogen) atoms. The van der Waals surface area contributed by atoms with Crippen molar-refractivity contribution in [2.75, 3.05) is 6.61 Å². The third kappa shape index (κ3) is 3.54. The van der Waals surface area contributed by atoms with Crippen molar-refractivity contribution >= 4 is 17.9 Å². The molecule has 1 saturated heterocycles. The minimum absolute atomic E-state index is 0.258. The normalized spacial score (nSPS) is 30.5. The van der Waals surface area contributed by atoms with E-state index < -0.39 is 42.3 Å². The summed E-state index contributed by atoms with van der Waals surface area (Å²) in [5, 5.41) is 0. The van der Waals surface area contributed by atoms with Crippen molar-refractivity contribution in [2.45, 2.75) is 45.2 Å². The summed E-state index contributed by atoms with van der Waals surface area (Å²) in [6.07, 6.45) is 1.71. The van der Waals surface area contributed by atoms with Crippen molar-refractivity contribution in [3.8, 4) is 0 Å². The van der Waals surface area contributed by atoms with Gasteiger partial charge >= 0.3 is 17.9 Å². The molecule has 0 aromatic heterocycles. The molecule has 0 spiro atoms. The first-order valence-electron chi connectivity index (χ1n) is 7.02. The van der Waals surface area contributed by atoms with Crippen LogP contribution >= 0.6 is 0 Å². The lowest BCUT2D eigenvalue weighted by atomic mass is 9.99. The van der Waals surface area contributed by atoms with Crippen LogP contribution in [0.4, 0.5) is 0 Å². The van der Waals surface area contributed by atoms with Crippen LogP contribution in [0.25, 0.3) is 0 Å². The first-order valence-corrected chi connectivity index (χ1v) is 7.02. The van der Waals surface area contributed by atoms with Gasteiger partial charge < -0.3 is 18.9 Å². The molecule has 7 nitrogen and oxygen atoms in total. The quantitative estimate of drug-likeness (QED) is 0.428. The molecule has 7 heteroatoms. The average Bonchev–Trinajstić information content (AvgIpc) is 2.71. The minimum Gasteiger partial charge on any atom is -0.463 e. The van der Waals surface area contributed by atoms with Gasteiger partial charge in [-0.3, -0.25) is 4.79 Å². The highest BCUT2D eigenvalue weighted by molar-refractivity contribution is 5.92. The van der Waals surface area contributed by atoms with Crippen LogP contribution in [0.5, 0.6) is 0 Å². The molecular formula is C15H18O7. The number of hydrogen-bond donors (Lipinski definition) is 0. The summed E-state index contributed by atoms with van der Waals surface area (Å²) in [5.41, 5.74) is 0.333. The number of carbonyl (C=O) groups excluding carboxylic acids is 3. The molecule has 2 rings (SSSR count). The molecule has 2 aliphatic rings. The summed E-state index contributed by atoms with van der Waals surface area (Å²) in [6, 6.07) is 0. The first-order chi connectivity index (χ1) is 10.4. The second kappa shape index (κ2) is 6.74. The molecule has 0 aromatic rings. The number of cyclic esters (lactones) is 1. The van der Waals surface area contributed by atoms with E-state index in [1.165, 1.54) is 25.2 Å². The van der Waals surface area contributed by atoms with E-state index >= 15 is 0 Å². The third-order valence-electron chi connectivity index (χ3n) is 3.24. The predicted octanol–water partition coefficient (Wildman–Crippen LogP) is 0.676. The van der Waals surface area contributed by atoms with Gasteiger partial charge in [-0.05, 0) is 26.0 Å². The van der Waals surface area contributed by atoms with Crippen molar-refractivity contribution in [1.82, 2.24) is 0 Å². The third-order valence-corrected chi connectivity index (χ3v) is 3.24. The second-order valence-electron chi connectivity index (χ2n) is 4.94. The van der Waals surface area contributed by atoms with Crippen LogP contribution in [0.15, 0.2) is 23.8 Å². The Balaban J connectivity index is 2.20. The maximum Gasteiger partial charge on any atom is 0.337 e. The molecule has 2 heterocycles. The summed E-state index contributed by atoms with van der Waals surface area (Å²) in [7, 11) is 0. The first kappa shape index (κ1) is 16.2. The number of esters is 3. The van der Waals surface area contributed by atoms with Gasteiger partial charge in [0, 0.05) is 13.0 Å². The van der Waals surface area contributed by atoms with Gasteiger partial charge in [0.05, 0.1) is 12.2 Å². The van der Waals surface area contributed by atoms with Gasteiger partial charge in [0.25, 0.3) is 0 Å². The van der Waals surface area contributed by atoms with Crippen molar-refractivity contribution in [2.24, 2.45) is 0 Å². The van der Waals surface area contributed by atoms with Gasteiger partial charge in [0.1, 0.15) is 18.3 Å². The summed E-state index contributed by atoms with van der Waals surface area (Å²) in [6.45, 7) is 4.92. The SMILES string of the molecule is CCOC(=O)/C=C\[C@H]1O[C@H]2C(=C[C@H]1OC(C)=O)C(=O)O[C@H]2C. The molecule has 0 aromatic carbocycles. The van der Waals surface area contributed by atoms with E-state index in [-0.39, 0.29) is 6.61 Å². The zero-order chi connectivity index (χ0) is 16.3. The summed E-state index contributed by atoms with van der Waals surface area (Å²) in [4.78, 5) is 34.3. The van der Waals surface area contributed by atoms with E-state index in [1.807, 2.05) is 0 Å². The Hall–Kier alpha value is -2.15. The molecule has 2 aliphatic heterocycles. The molecule has 1 fully saturated rings. The summed E-state index contributed by atoms with van der Waals surface area (Å²) < 4.78 is 20.8. The zero-order valence-electron chi connectivity index (χ0n) is 12.6. The number of ether oxygens (including phenoxy) is 4. The molecule has 0 radical (unpaired) electrons. The van der Waals surface area contributed by atoms with Gasteiger partial charge in [-0.1, -0.05) is 0 Å². The van der Waals surface area contributed by atoms with Crippen molar-refractivity contribution in [1.29, 1.82) is 0 Å². The van der Waals surface area contributed by atoms with Gasteiger partial charge in [0.2, 0.25) is 0 Å². The molecule has 0 aliphatic carbocycles. The lowest BCUT2D eigenvalue weighted by molar-refractivity contribution is -0.152. The van der Waals surface area contributed by atoms with Crippen LogP contribution in [0.1, 0.15) is 20.8 Å². The van der Waals surface area contributed by atoms with Gasteiger partial charge in [-0.2, -0.15) is 0 Å². The van der Waals surface area contributed by atoms with Crippen molar-refractivity contribution in [3.63, 3.8) is 0 Å². The Morgan fingerprint density at radius 1 is 1.41 bits per heavy atom. The van der Waals surface area contributed by atoms with E-state index in [2.05, 4.69) is 0 Å². The van der Waals surface area contributed by atoms with E-state index in [0.717, 1.165) is 0 Å². The number of fused-ring (bicyclic) bond motifs is 1. The van der Waals surface area contributed by atoms with E-state index in [4.69, 9.17) is 18.9 Å². The topological polar surface area (TPSA) is 88.1 Å². The Morgan fingerprint density at radius 2 is 2.14 bits per heavy atom. The molecule has 0 amide bonds. The van der Waals surface area contributed by atoms with Crippen molar-refractivity contribution in [3.05, 3.63) is 23.8 Å². The Bertz CT molecular complexity index is 534. The lowest BCUT2D eigenvalue weighted by Crippen LogP contribution is -2.41.